The highest BCUT2D eigenvalue weighted by molar-refractivity contribution is 6.36. The Bertz CT molecular complexity index is 1050. The van der Waals surface area contributed by atoms with E-state index in [1.54, 1.807) is 48.5 Å². The van der Waals surface area contributed by atoms with Crippen molar-refractivity contribution in [2.24, 2.45) is 5.73 Å². The number of hydrogen-bond acceptors (Lipinski definition) is 4. The first-order chi connectivity index (χ1) is 13.9. The van der Waals surface area contributed by atoms with Crippen LogP contribution >= 0.6 is 34.8 Å². The second-order valence-electron chi connectivity index (χ2n) is 6.34. The van der Waals surface area contributed by atoms with Gasteiger partial charge in [0.2, 0.25) is 5.91 Å². The predicted molar refractivity (Wildman–Crippen MR) is 114 cm³/mol. The molecule has 1 atom stereocenters. The van der Waals surface area contributed by atoms with E-state index in [0.717, 1.165) is 0 Å². The van der Waals surface area contributed by atoms with Gasteiger partial charge in [0.15, 0.2) is 0 Å². The van der Waals surface area contributed by atoms with Crippen molar-refractivity contribution in [3.05, 3.63) is 86.0 Å². The highest BCUT2D eigenvalue weighted by Gasteiger charge is 2.27. The fourth-order valence-corrected chi connectivity index (χ4v) is 4.02. The summed E-state index contributed by atoms with van der Waals surface area (Å²) in [5, 5.41) is 20.4. The molecule has 1 amide bonds. The molecule has 3 rings (SSSR count). The van der Waals surface area contributed by atoms with Gasteiger partial charge >= 0.3 is 0 Å². The minimum Gasteiger partial charge on any atom is -0.392 e. The number of aliphatic hydroxyl groups is 2. The lowest BCUT2D eigenvalue weighted by Crippen LogP contribution is -2.24. The van der Waals surface area contributed by atoms with Crippen LogP contribution < -0.4 is 5.73 Å². The summed E-state index contributed by atoms with van der Waals surface area (Å²) in [6.07, 6.45) is 0. The first kappa shape index (κ1) is 21.6. The monoisotopic (exact) mass is 450 g/mol. The number of aromatic nitrogens is 1. The highest BCUT2D eigenvalue weighted by atomic mass is 35.5. The number of amides is 1. The number of carbonyl (C=O) groups excluding carboxylic acids is 1. The fourth-order valence-electron chi connectivity index (χ4n) is 3.17. The van der Waals surface area contributed by atoms with E-state index >= 15 is 0 Å². The number of hydrogen-bond donors (Lipinski definition) is 3. The second kappa shape index (κ2) is 9.11. The number of halogens is 3. The van der Waals surface area contributed by atoms with Crippen LogP contribution in [0.25, 0.3) is 11.3 Å². The second-order valence-corrected chi connectivity index (χ2v) is 7.56. The zero-order valence-electron chi connectivity index (χ0n) is 15.1. The van der Waals surface area contributed by atoms with Gasteiger partial charge in [-0.1, -0.05) is 53.0 Å². The number of nitrogens with zero attached hydrogens (tertiary/aromatic N) is 1. The Labute approximate surface area is 182 Å². The first-order valence-corrected chi connectivity index (χ1v) is 9.74. The average molecular weight is 452 g/mol. The van der Waals surface area contributed by atoms with Crippen molar-refractivity contribution in [1.82, 2.24) is 4.98 Å². The van der Waals surface area contributed by atoms with Gasteiger partial charge in [-0.25, -0.2) is 0 Å². The molecule has 0 saturated carbocycles. The molecular formula is C21H17Cl3N2O3. The molecule has 1 unspecified atom stereocenters. The Balaban J connectivity index is 2.26. The molecule has 0 bridgehead atoms. The maximum atomic E-state index is 12.4. The van der Waals surface area contributed by atoms with E-state index in [2.05, 4.69) is 4.98 Å². The summed E-state index contributed by atoms with van der Waals surface area (Å²) in [6, 6.07) is 13.2. The largest absolute Gasteiger partial charge is 0.392 e. The van der Waals surface area contributed by atoms with Crippen molar-refractivity contribution in [2.45, 2.75) is 19.1 Å². The van der Waals surface area contributed by atoms with Crippen LogP contribution in [0.4, 0.5) is 0 Å². The Morgan fingerprint density at radius 1 is 0.966 bits per heavy atom. The van der Waals surface area contributed by atoms with Gasteiger partial charge in [0, 0.05) is 31.8 Å². The molecule has 0 spiro atoms. The minimum atomic E-state index is -1.03. The van der Waals surface area contributed by atoms with Crippen LogP contribution in [0.3, 0.4) is 0 Å². The maximum absolute atomic E-state index is 12.4. The lowest BCUT2D eigenvalue weighted by Gasteiger charge is -2.19. The van der Waals surface area contributed by atoms with Crippen molar-refractivity contribution in [3.8, 4) is 11.3 Å². The van der Waals surface area contributed by atoms with Gasteiger partial charge < -0.3 is 15.9 Å². The molecule has 4 N–H and O–H groups in total. The van der Waals surface area contributed by atoms with Crippen LogP contribution in [-0.4, -0.2) is 21.1 Å². The predicted octanol–water partition coefficient (Wildman–Crippen LogP) is 4.31. The average Bonchev–Trinajstić information content (AvgIpc) is 2.69. The van der Waals surface area contributed by atoms with E-state index < -0.39 is 11.8 Å². The van der Waals surface area contributed by atoms with E-state index in [1.165, 1.54) is 0 Å². The zero-order chi connectivity index (χ0) is 21.1. The molecule has 0 radical (unpaired) electrons. The molecule has 0 aliphatic rings. The molecule has 0 fully saturated rings. The number of carbonyl (C=O) groups is 1. The van der Waals surface area contributed by atoms with Crippen molar-refractivity contribution in [2.75, 3.05) is 0 Å². The van der Waals surface area contributed by atoms with E-state index in [1.807, 2.05) is 0 Å². The van der Waals surface area contributed by atoms with Crippen LogP contribution in [0.2, 0.25) is 15.1 Å². The van der Waals surface area contributed by atoms with Gasteiger partial charge in [0.05, 0.1) is 24.6 Å². The van der Waals surface area contributed by atoms with Gasteiger partial charge in [0.25, 0.3) is 0 Å². The van der Waals surface area contributed by atoms with Gasteiger partial charge in [-0.05, 0) is 35.9 Å². The van der Waals surface area contributed by atoms with Gasteiger partial charge in [0.1, 0.15) is 5.92 Å². The summed E-state index contributed by atoms with van der Waals surface area (Å²) < 4.78 is 0. The summed E-state index contributed by atoms with van der Waals surface area (Å²) in [5.41, 5.74) is 8.27. The molecule has 0 aliphatic heterocycles. The Morgan fingerprint density at radius 2 is 1.59 bits per heavy atom. The standard InChI is InChI=1S/C21H17Cl3N2O3/c22-14-4-1-3-12(13(14)10-28)17-7-11(9-27)8-18(26-17)20(21(25)29)19-15(23)5-2-6-16(19)24/h1-8,20,27-28H,9-10H2,(H2,25,29). The Morgan fingerprint density at radius 3 is 2.17 bits per heavy atom. The van der Waals surface area contributed by atoms with Gasteiger partial charge in [-0.3, -0.25) is 9.78 Å². The molecular weight excluding hydrogens is 435 g/mol. The summed E-state index contributed by atoms with van der Waals surface area (Å²) in [5.74, 6) is -1.72. The SMILES string of the molecule is NC(=O)C(c1cc(CO)cc(-c2cccc(Cl)c2CO)n1)c1c(Cl)cccc1Cl. The quantitative estimate of drug-likeness (QED) is 0.520. The minimum absolute atomic E-state index is 0.276. The molecule has 0 saturated heterocycles. The molecule has 3 aromatic rings. The van der Waals surface area contributed by atoms with Crippen LogP contribution in [0.1, 0.15) is 28.3 Å². The van der Waals surface area contributed by atoms with E-state index in [-0.39, 0.29) is 29.0 Å². The van der Waals surface area contributed by atoms with Crippen LogP contribution in [0.5, 0.6) is 0 Å². The number of aliphatic hydroxyl groups excluding tert-OH is 2. The van der Waals surface area contributed by atoms with Crippen LogP contribution in [-0.2, 0) is 18.0 Å². The molecule has 2 aromatic carbocycles. The third-order valence-electron chi connectivity index (χ3n) is 4.51. The van der Waals surface area contributed by atoms with Crippen molar-refractivity contribution >= 4 is 40.7 Å². The molecule has 1 aromatic heterocycles. The fraction of sp³-hybridized carbons (Fsp3) is 0.143. The van der Waals surface area contributed by atoms with Gasteiger partial charge in [-0.2, -0.15) is 0 Å². The normalized spacial score (nSPS) is 12.0. The zero-order valence-corrected chi connectivity index (χ0v) is 17.3. The van der Waals surface area contributed by atoms with Crippen molar-refractivity contribution in [3.63, 3.8) is 0 Å². The van der Waals surface area contributed by atoms with E-state index in [0.29, 0.717) is 33.0 Å². The Kier molecular flexibility index (Phi) is 6.77. The smallest absolute Gasteiger partial charge is 0.231 e. The lowest BCUT2D eigenvalue weighted by molar-refractivity contribution is -0.118. The molecule has 150 valence electrons. The third-order valence-corrected chi connectivity index (χ3v) is 5.52. The van der Waals surface area contributed by atoms with Crippen LogP contribution in [0, 0.1) is 0 Å². The van der Waals surface area contributed by atoms with Crippen molar-refractivity contribution in [1.29, 1.82) is 0 Å². The number of primary amides is 1. The number of nitrogens with two attached hydrogens (primary N) is 1. The summed E-state index contributed by atoms with van der Waals surface area (Å²) >= 11 is 18.8. The van der Waals surface area contributed by atoms with E-state index in [4.69, 9.17) is 40.5 Å². The molecule has 0 aliphatic carbocycles. The molecule has 8 heteroatoms. The Hall–Kier alpha value is -2.15. The number of benzene rings is 2. The highest BCUT2D eigenvalue weighted by Crippen LogP contribution is 2.37. The molecule has 5 nitrogen and oxygen atoms in total. The maximum Gasteiger partial charge on any atom is 0.231 e. The topological polar surface area (TPSA) is 96.4 Å². The molecule has 1 heterocycles. The van der Waals surface area contributed by atoms with Gasteiger partial charge in [-0.15, -0.1) is 0 Å². The number of pyridine rings is 1. The van der Waals surface area contributed by atoms with E-state index in [9.17, 15) is 15.0 Å². The number of rotatable bonds is 6. The summed E-state index contributed by atoms with van der Waals surface area (Å²) in [6.45, 7) is -0.593. The molecule has 29 heavy (non-hydrogen) atoms. The summed E-state index contributed by atoms with van der Waals surface area (Å²) in [4.78, 5) is 17.0. The first-order valence-electron chi connectivity index (χ1n) is 8.61. The summed E-state index contributed by atoms with van der Waals surface area (Å²) in [7, 11) is 0. The van der Waals surface area contributed by atoms with Crippen molar-refractivity contribution < 1.29 is 15.0 Å². The lowest BCUT2D eigenvalue weighted by atomic mass is 9.92. The van der Waals surface area contributed by atoms with Crippen LogP contribution in [0.15, 0.2) is 48.5 Å². The third kappa shape index (κ3) is 4.39.